The molecule has 1 amide bonds. The van der Waals surface area contributed by atoms with Crippen molar-refractivity contribution < 1.29 is 27.8 Å². The molecule has 2 unspecified atom stereocenters. The first-order chi connectivity index (χ1) is 12.1. The number of ether oxygens (including phenoxy) is 2. The van der Waals surface area contributed by atoms with Crippen LogP contribution in [0.2, 0.25) is 0 Å². The Morgan fingerprint density at radius 1 is 1.31 bits per heavy atom. The molecular weight excluding hydrogens is 346 g/mol. The van der Waals surface area contributed by atoms with Gasteiger partial charge in [0.1, 0.15) is 23.3 Å². The maximum Gasteiger partial charge on any atom is 0.411 e. The van der Waals surface area contributed by atoms with Gasteiger partial charge in [-0.05, 0) is 33.3 Å². The van der Waals surface area contributed by atoms with E-state index in [4.69, 9.17) is 9.47 Å². The van der Waals surface area contributed by atoms with Crippen LogP contribution in [0.15, 0.2) is 18.2 Å². The maximum absolute atomic E-state index is 13.7. The number of esters is 1. The lowest BCUT2D eigenvalue weighted by Gasteiger charge is -2.27. The van der Waals surface area contributed by atoms with E-state index >= 15 is 0 Å². The summed E-state index contributed by atoms with van der Waals surface area (Å²) in [6.07, 6.45) is -0.292. The molecular formula is C18H24F2N2O4. The van der Waals surface area contributed by atoms with Crippen LogP contribution in [-0.4, -0.2) is 48.3 Å². The number of carbonyl (C=O) groups excluding carboxylic acids is 2. The molecule has 1 aliphatic rings. The zero-order valence-corrected chi connectivity index (χ0v) is 15.3. The molecule has 1 aromatic carbocycles. The SMILES string of the molecule is COC(=O)C1CC(NCc2ccc(F)cc2F)CN1C(=O)OC(C)(C)C. The molecule has 26 heavy (non-hydrogen) atoms. The number of benzene rings is 1. The highest BCUT2D eigenvalue weighted by molar-refractivity contribution is 5.82. The van der Waals surface area contributed by atoms with E-state index < -0.39 is 35.3 Å². The van der Waals surface area contributed by atoms with Crippen molar-refractivity contribution in [1.82, 2.24) is 10.2 Å². The van der Waals surface area contributed by atoms with Gasteiger partial charge in [0.25, 0.3) is 0 Å². The van der Waals surface area contributed by atoms with E-state index in [0.717, 1.165) is 6.07 Å². The van der Waals surface area contributed by atoms with E-state index in [1.165, 1.54) is 24.1 Å². The topological polar surface area (TPSA) is 67.9 Å². The van der Waals surface area contributed by atoms with Gasteiger partial charge in [0.15, 0.2) is 0 Å². The number of hydrogen-bond acceptors (Lipinski definition) is 5. The fourth-order valence-corrected chi connectivity index (χ4v) is 2.79. The fourth-order valence-electron chi connectivity index (χ4n) is 2.79. The fraction of sp³-hybridized carbons (Fsp3) is 0.556. The summed E-state index contributed by atoms with van der Waals surface area (Å²) in [5, 5.41) is 3.10. The van der Waals surface area contributed by atoms with Gasteiger partial charge in [-0.15, -0.1) is 0 Å². The summed E-state index contributed by atoms with van der Waals surface area (Å²) in [5.74, 6) is -1.83. The van der Waals surface area contributed by atoms with Crippen molar-refractivity contribution in [2.24, 2.45) is 0 Å². The second kappa shape index (κ2) is 7.99. The van der Waals surface area contributed by atoms with Gasteiger partial charge in [-0.1, -0.05) is 6.07 Å². The summed E-state index contributed by atoms with van der Waals surface area (Å²) in [7, 11) is 1.25. The van der Waals surface area contributed by atoms with Gasteiger partial charge in [-0.3, -0.25) is 4.90 Å². The van der Waals surface area contributed by atoms with Gasteiger partial charge in [-0.25, -0.2) is 18.4 Å². The zero-order chi connectivity index (χ0) is 19.5. The van der Waals surface area contributed by atoms with E-state index in [9.17, 15) is 18.4 Å². The van der Waals surface area contributed by atoms with Crippen molar-refractivity contribution in [3.05, 3.63) is 35.4 Å². The Kier molecular flexibility index (Phi) is 6.17. The highest BCUT2D eigenvalue weighted by Gasteiger charge is 2.42. The van der Waals surface area contributed by atoms with Crippen LogP contribution in [0.25, 0.3) is 0 Å². The van der Waals surface area contributed by atoms with Crippen molar-refractivity contribution >= 4 is 12.1 Å². The second-order valence-corrected chi connectivity index (χ2v) is 7.22. The number of halogens is 2. The van der Waals surface area contributed by atoms with Gasteiger partial charge >= 0.3 is 12.1 Å². The number of nitrogens with zero attached hydrogens (tertiary/aromatic N) is 1. The van der Waals surface area contributed by atoms with E-state index in [1.807, 2.05) is 0 Å². The van der Waals surface area contributed by atoms with E-state index in [1.54, 1.807) is 20.8 Å². The third-order valence-corrected chi connectivity index (χ3v) is 4.00. The summed E-state index contributed by atoms with van der Waals surface area (Å²) >= 11 is 0. The quantitative estimate of drug-likeness (QED) is 0.826. The van der Waals surface area contributed by atoms with Crippen molar-refractivity contribution in [2.75, 3.05) is 13.7 Å². The molecule has 8 heteroatoms. The van der Waals surface area contributed by atoms with Crippen LogP contribution in [0.3, 0.4) is 0 Å². The molecule has 144 valence electrons. The Balaban J connectivity index is 2.04. The predicted molar refractivity (Wildman–Crippen MR) is 90.3 cm³/mol. The van der Waals surface area contributed by atoms with Crippen molar-refractivity contribution in [3.8, 4) is 0 Å². The van der Waals surface area contributed by atoms with Gasteiger partial charge < -0.3 is 14.8 Å². The Morgan fingerprint density at radius 2 is 2.00 bits per heavy atom. The molecule has 1 N–H and O–H groups in total. The molecule has 1 saturated heterocycles. The van der Waals surface area contributed by atoms with Gasteiger partial charge in [-0.2, -0.15) is 0 Å². The standard InChI is InChI=1S/C18H24F2N2O4/c1-18(2,3)26-17(24)22-10-13(8-15(22)16(23)25-4)21-9-11-5-6-12(19)7-14(11)20/h5-7,13,15,21H,8-10H2,1-4H3. The summed E-state index contributed by atoms with van der Waals surface area (Å²) in [6.45, 7) is 5.58. The predicted octanol–water partition coefficient (Wildman–Crippen LogP) is 2.61. The molecule has 0 saturated carbocycles. The van der Waals surface area contributed by atoms with Crippen LogP contribution in [0.1, 0.15) is 32.8 Å². The molecule has 0 radical (unpaired) electrons. The minimum Gasteiger partial charge on any atom is -0.467 e. The highest BCUT2D eigenvalue weighted by atomic mass is 19.1. The maximum atomic E-state index is 13.7. The number of methoxy groups -OCH3 is 1. The van der Waals surface area contributed by atoms with Gasteiger partial charge in [0, 0.05) is 30.8 Å². The van der Waals surface area contributed by atoms with E-state index in [2.05, 4.69) is 5.32 Å². The number of rotatable bonds is 4. The van der Waals surface area contributed by atoms with Crippen LogP contribution in [0.4, 0.5) is 13.6 Å². The molecule has 0 aromatic heterocycles. The number of amides is 1. The van der Waals surface area contributed by atoms with Crippen LogP contribution in [0, 0.1) is 11.6 Å². The third-order valence-electron chi connectivity index (χ3n) is 4.00. The Morgan fingerprint density at radius 3 is 2.58 bits per heavy atom. The lowest BCUT2D eigenvalue weighted by Crippen LogP contribution is -2.44. The van der Waals surface area contributed by atoms with Crippen LogP contribution >= 0.6 is 0 Å². The molecule has 2 rings (SSSR count). The minimum absolute atomic E-state index is 0.146. The van der Waals surface area contributed by atoms with Crippen molar-refractivity contribution in [2.45, 2.75) is 51.4 Å². The molecule has 6 nitrogen and oxygen atoms in total. The average Bonchev–Trinajstić information content (AvgIpc) is 2.96. The first-order valence-corrected chi connectivity index (χ1v) is 8.35. The van der Waals surface area contributed by atoms with Crippen LogP contribution in [0.5, 0.6) is 0 Å². The van der Waals surface area contributed by atoms with Crippen molar-refractivity contribution in [3.63, 3.8) is 0 Å². The summed E-state index contributed by atoms with van der Waals surface area (Å²) in [6, 6.07) is 2.33. The van der Waals surface area contributed by atoms with Crippen molar-refractivity contribution in [1.29, 1.82) is 0 Å². The minimum atomic E-state index is -0.773. The number of nitrogens with one attached hydrogen (secondary N) is 1. The second-order valence-electron chi connectivity index (χ2n) is 7.22. The molecule has 1 aliphatic heterocycles. The normalized spacial score (nSPS) is 20.2. The summed E-state index contributed by atoms with van der Waals surface area (Å²) in [5.41, 5.74) is -0.391. The Bertz CT molecular complexity index is 676. The number of carbonyl (C=O) groups is 2. The first kappa shape index (κ1) is 20.1. The van der Waals surface area contributed by atoms with Crippen LogP contribution in [-0.2, 0) is 20.8 Å². The molecule has 2 atom stereocenters. The van der Waals surface area contributed by atoms with E-state index in [-0.39, 0.29) is 19.1 Å². The molecule has 1 fully saturated rings. The van der Waals surface area contributed by atoms with Gasteiger partial charge in [0.2, 0.25) is 0 Å². The van der Waals surface area contributed by atoms with Crippen LogP contribution < -0.4 is 5.32 Å². The molecule has 0 aliphatic carbocycles. The number of likely N-dealkylation sites (tertiary alicyclic amines) is 1. The molecule has 1 heterocycles. The highest BCUT2D eigenvalue weighted by Crippen LogP contribution is 2.23. The smallest absolute Gasteiger partial charge is 0.411 e. The summed E-state index contributed by atoms with van der Waals surface area (Å²) in [4.78, 5) is 25.7. The summed E-state index contributed by atoms with van der Waals surface area (Å²) < 4.78 is 36.8. The first-order valence-electron chi connectivity index (χ1n) is 8.35. The molecule has 0 spiro atoms. The van der Waals surface area contributed by atoms with Gasteiger partial charge in [0.05, 0.1) is 7.11 Å². The largest absolute Gasteiger partial charge is 0.467 e. The lowest BCUT2D eigenvalue weighted by atomic mass is 10.1. The Labute approximate surface area is 151 Å². The van der Waals surface area contributed by atoms with E-state index in [0.29, 0.717) is 12.0 Å². The lowest BCUT2D eigenvalue weighted by molar-refractivity contribution is -0.145. The average molecular weight is 370 g/mol. The molecule has 1 aromatic rings. The third kappa shape index (κ3) is 5.14. The molecule has 0 bridgehead atoms. The number of hydrogen-bond donors (Lipinski definition) is 1. The monoisotopic (exact) mass is 370 g/mol. The zero-order valence-electron chi connectivity index (χ0n) is 15.3. The Hall–Kier alpha value is -2.22.